The molecule has 1 aromatic carbocycles. The van der Waals surface area contributed by atoms with Gasteiger partial charge < -0.3 is 15.7 Å². The van der Waals surface area contributed by atoms with Crippen molar-refractivity contribution in [2.75, 3.05) is 25.4 Å². The highest BCUT2D eigenvalue weighted by atomic mass is 19.1. The van der Waals surface area contributed by atoms with E-state index in [9.17, 15) is 9.18 Å². The van der Waals surface area contributed by atoms with Crippen molar-refractivity contribution in [2.45, 2.75) is 19.3 Å². The number of nitrogens with zero attached hydrogens (tertiary/aromatic N) is 1. The summed E-state index contributed by atoms with van der Waals surface area (Å²) in [6.07, 6.45) is 2.58. The first-order chi connectivity index (χ1) is 9.11. The van der Waals surface area contributed by atoms with Gasteiger partial charge in [-0.25, -0.2) is 4.39 Å². The van der Waals surface area contributed by atoms with Crippen molar-refractivity contribution in [2.24, 2.45) is 5.92 Å². The van der Waals surface area contributed by atoms with Gasteiger partial charge in [0, 0.05) is 25.4 Å². The van der Waals surface area contributed by atoms with E-state index in [-0.39, 0.29) is 18.1 Å². The maximum absolute atomic E-state index is 13.7. The van der Waals surface area contributed by atoms with Gasteiger partial charge in [0.1, 0.15) is 5.82 Å². The summed E-state index contributed by atoms with van der Waals surface area (Å²) in [6.45, 7) is 1.34. The van der Waals surface area contributed by atoms with Gasteiger partial charge in [-0.2, -0.15) is 0 Å². The molecule has 1 heterocycles. The molecule has 0 saturated carbocycles. The summed E-state index contributed by atoms with van der Waals surface area (Å²) in [4.78, 5) is 13.9. The summed E-state index contributed by atoms with van der Waals surface area (Å²) in [5, 5.41) is 8.96. The average molecular weight is 266 g/mol. The second-order valence-corrected chi connectivity index (χ2v) is 5.01. The highest BCUT2D eigenvalue weighted by Crippen LogP contribution is 2.22. The van der Waals surface area contributed by atoms with Gasteiger partial charge in [0.15, 0.2) is 0 Å². The number of hydrogen-bond acceptors (Lipinski definition) is 3. The number of aliphatic hydroxyl groups excluding tert-OH is 1. The predicted molar refractivity (Wildman–Crippen MR) is 71.1 cm³/mol. The van der Waals surface area contributed by atoms with Gasteiger partial charge in [0.05, 0.1) is 5.56 Å². The number of carbonyl (C=O) groups is 1. The molecule has 0 radical (unpaired) electrons. The summed E-state index contributed by atoms with van der Waals surface area (Å²) >= 11 is 0. The third kappa shape index (κ3) is 3.23. The Morgan fingerprint density at radius 3 is 3.05 bits per heavy atom. The minimum atomic E-state index is -0.538. The average Bonchev–Trinajstić information content (AvgIpc) is 2.41. The van der Waals surface area contributed by atoms with E-state index in [4.69, 9.17) is 10.8 Å². The van der Waals surface area contributed by atoms with E-state index in [2.05, 4.69) is 0 Å². The molecule has 1 atom stereocenters. The number of anilines is 1. The van der Waals surface area contributed by atoms with Crippen LogP contribution in [0.25, 0.3) is 0 Å². The first kappa shape index (κ1) is 13.8. The van der Waals surface area contributed by atoms with Crippen molar-refractivity contribution in [3.05, 3.63) is 29.6 Å². The molecular formula is C14H19FN2O2. The normalized spacial score (nSPS) is 19.5. The van der Waals surface area contributed by atoms with Gasteiger partial charge in [0.2, 0.25) is 0 Å². The quantitative estimate of drug-likeness (QED) is 0.817. The number of carbonyl (C=O) groups excluding carboxylic acids is 1. The Balaban J connectivity index is 2.12. The number of likely N-dealkylation sites (tertiary alicyclic amines) is 1. The van der Waals surface area contributed by atoms with Crippen molar-refractivity contribution in [3.8, 4) is 0 Å². The third-order valence-corrected chi connectivity index (χ3v) is 3.56. The fourth-order valence-electron chi connectivity index (χ4n) is 2.54. The zero-order valence-corrected chi connectivity index (χ0v) is 10.8. The minimum absolute atomic E-state index is 0.0321. The lowest BCUT2D eigenvalue weighted by Crippen LogP contribution is -2.40. The molecule has 0 aliphatic carbocycles. The highest BCUT2D eigenvalue weighted by molar-refractivity contribution is 5.95. The minimum Gasteiger partial charge on any atom is -0.399 e. The molecule has 19 heavy (non-hydrogen) atoms. The monoisotopic (exact) mass is 266 g/mol. The summed E-state index contributed by atoms with van der Waals surface area (Å²) < 4.78 is 13.7. The molecule has 0 aromatic heterocycles. The zero-order valence-electron chi connectivity index (χ0n) is 10.8. The van der Waals surface area contributed by atoms with Crippen LogP contribution in [0.2, 0.25) is 0 Å². The van der Waals surface area contributed by atoms with Crippen LogP contribution in [-0.4, -0.2) is 35.6 Å². The van der Waals surface area contributed by atoms with E-state index >= 15 is 0 Å². The second kappa shape index (κ2) is 6.02. The van der Waals surface area contributed by atoms with Crippen molar-refractivity contribution >= 4 is 11.6 Å². The number of benzene rings is 1. The van der Waals surface area contributed by atoms with Crippen LogP contribution >= 0.6 is 0 Å². The maximum atomic E-state index is 13.7. The number of halogens is 1. The molecule has 1 amide bonds. The van der Waals surface area contributed by atoms with Crippen LogP contribution in [0.4, 0.5) is 10.1 Å². The van der Waals surface area contributed by atoms with Gasteiger partial charge in [-0.15, -0.1) is 0 Å². The Morgan fingerprint density at radius 2 is 2.32 bits per heavy atom. The zero-order chi connectivity index (χ0) is 13.8. The summed E-state index contributed by atoms with van der Waals surface area (Å²) in [5.74, 6) is -0.553. The van der Waals surface area contributed by atoms with E-state index in [0.717, 1.165) is 12.8 Å². The highest BCUT2D eigenvalue weighted by Gasteiger charge is 2.25. The van der Waals surface area contributed by atoms with Gasteiger partial charge >= 0.3 is 0 Å². The first-order valence-electron chi connectivity index (χ1n) is 6.57. The molecule has 5 heteroatoms. The van der Waals surface area contributed by atoms with E-state index in [1.807, 2.05) is 0 Å². The lowest BCUT2D eigenvalue weighted by Gasteiger charge is -2.32. The topological polar surface area (TPSA) is 66.6 Å². The SMILES string of the molecule is Nc1ccc(F)c(C(=O)N2CCCC(CCO)C2)c1. The fraction of sp³-hybridized carbons (Fsp3) is 0.500. The van der Waals surface area contributed by atoms with E-state index in [1.165, 1.54) is 18.2 Å². The van der Waals surface area contributed by atoms with Crippen LogP contribution in [0.15, 0.2) is 18.2 Å². The Morgan fingerprint density at radius 1 is 1.53 bits per heavy atom. The molecule has 1 saturated heterocycles. The Kier molecular flexibility index (Phi) is 4.37. The standard InChI is InChI=1S/C14H19FN2O2/c15-13-4-3-11(16)8-12(13)14(19)17-6-1-2-10(9-17)5-7-18/h3-4,8,10,18H,1-2,5-7,9,16H2. The molecule has 2 rings (SSSR count). The summed E-state index contributed by atoms with van der Waals surface area (Å²) in [7, 11) is 0. The fourth-order valence-corrected chi connectivity index (χ4v) is 2.54. The molecule has 0 spiro atoms. The van der Waals surface area contributed by atoms with Crippen LogP contribution in [0.3, 0.4) is 0 Å². The van der Waals surface area contributed by atoms with Crippen LogP contribution in [0.1, 0.15) is 29.6 Å². The lowest BCUT2D eigenvalue weighted by atomic mass is 9.94. The van der Waals surface area contributed by atoms with Crippen molar-refractivity contribution in [1.82, 2.24) is 4.90 Å². The summed E-state index contributed by atoms with van der Waals surface area (Å²) in [5.41, 5.74) is 6.01. The number of piperidine rings is 1. The third-order valence-electron chi connectivity index (χ3n) is 3.56. The molecule has 3 N–H and O–H groups in total. The largest absolute Gasteiger partial charge is 0.399 e. The van der Waals surface area contributed by atoms with Gasteiger partial charge in [-0.1, -0.05) is 0 Å². The predicted octanol–water partition coefficient (Wildman–Crippen LogP) is 1.64. The van der Waals surface area contributed by atoms with Crippen molar-refractivity contribution < 1.29 is 14.3 Å². The first-order valence-corrected chi connectivity index (χ1v) is 6.57. The second-order valence-electron chi connectivity index (χ2n) is 5.01. The number of rotatable bonds is 3. The van der Waals surface area contributed by atoms with Crippen molar-refractivity contribution in [1.29, 1.82) is 0 Å². The molecule has 1 aliphatic rings. The molecular weight excluding hydrogens is 247 g/mol. The van der Waals surface area contributed by atoms with Crippen LogP contribution in [-0.2, 0) is 0 Å². The van der Waals surface area contributed by atoms with Crippen LogP contribution in [0.5, 0.6) is 0 Å². The van der Waals surface area contributed by atoms with Crippen molar-refractivity contribution in [3.63, 3.8) is 0 Å². The molecule has 1 unspecified atom stereocenters. The smallest absolute Gasteiger partial charge is 0.256 e. The number of aliphatic hydroxyl groups is 1. The number of nitrogen functional groups attached to an aromatic ring is 1. The van der Waals surface area contributed by atoms with Crippen LogP contribution in [0, 0.1) is 11.7 Å². The molecule has 104 valence electrons. The Hall–Kier alpha value is -1.62. The van der Waals surface area contributed by atoms with E-state index < -0.39 is 5.82 Å². The molecule has 0 bridgehead atoms. The molecule has 1 aliphatic heterocycles. The lowest BCUT2D eigenvalue weighted by molar-refractivity contribution is 0.0649. The number of amides is 1. The summed E-state index contributed by atoms with van der Waals surface area (Å²) in [6, 6.07) is 4.04. The molecule has 1 fully saturated rings. The van der Waals surface area contributed by atoms with E-state index in [1.54, 1.807) is 4.90 Å². The Bertz CT molecular complexity index is 463. The van der Waals surface area contributed by atoms with Gasteiger partial charge in [-0.3, -0.25) is 4.79 Å². The Labute approximate surface area is 112 Å². The van der Waals surface area contributed by atoms with Gasteiger partial charge in [0.25, 0.3) is 5.91 Å². The van der Waals surface area contributed by atoms with Crippen LogP contribution < -0.4 is 5.73 Å². The molecule has 4 nitrogen and oxygen atoms in total. The van der Waals surface area contributed by atoms with E-state index in [0.29, 0.717) is 31.1 Å². The van der Waals surface area contributed by atoms with Gasteiger partial charge in [-0.05, 0) is 43.4 Å². The number of hydrogen-bond donors (Lipinski definition) is 2. The molecule has 1 aromatic rings. The number of nitrogens with two attached hydrogens (primary N) is 1. The maximum Gasteiger partial charge on any atom is 0.256 e.